The van der Waals surface area contributed by atoms with Gasteiger partial charge in [-0.1, -0.05) is 25.5 Å². The smallest absolute Gasteiger partial charge is 0.163 e. The Morgan fingerprint density at radius 1 is 1.07 bits per heavy atom. The second-order valence-electron chi connectivity index (χ2n) is 7.07. The van der Waals surface area contributed by atoms with Crippen molar-refractivity contribution in [3.8, 4) is 11.5 Å². The Hall–Kier alpha value is -2.31. The van der Waals surface area contributed by atoms with Gasteiger partial charge < -0.3 is 14.9 Å². The highest BCUT2D eigenvalue weighted by Crippen LogP contribution is 2.33. The summed E-state index contributed by atoms with van der Waals surface area (Å²) in [5.74, 6) is 1.42. The summed E-state index contributed by atoms with van der Waals surface area (Å²) in [6, 6.07) is 10.9. The van der Waals surface area contributed by atoms with Crippen molar-refractivity contribution in [1.82, 2.24) is 0 Å². The highest BCUT2D eigenvalue weighted by atomic mass is 32.2. The molecule has 2 aromatic rings. The van der Waals surface area contributed by atoms with E-state index in [2.05, 4.69) is 0 Å². The molecular weight excluding hydrogens is 400 g/mol. The standard InChI is InChI=1S/C24H30O5S/c1-3-6-21-23(13-12-20(17(2)26)24(21)28)29-15-5-16-30-19-10-8-18(9-11-19)22(27)7-4-14-25/h8-13,25,28H,3-7,14-16H2,1-2H3. The fourth-order valence-electron chi connectivity index (χ4n) is 3.08. The zero-order chi connectivity index (χ0) is 21.9. The van der Waals surface area contributed by atoms with Gasteiger partial charge in [0.25, 0.3) is 0 Å². The number of phenols is 1. The lowest BCUT2D eigenvalue weighted by molar-refractivity contribution is 0.0969. The van der Waals surface area contributed by atoms with Crippen LogP contribution in [0.25, 0.3) is 0 Å². The van der Waals surface area contributed by atoms with Crippen molar-refractivity contribution in [1.29, 1.82) is 0 Å². The molecule has 6 heteroatoms. The summed E-state index contributed by atoms with van der Waals surface area (Å²) in [5, 5.41) is 19.2. The molecule has 0 amide bonds. The maximum Gasteiger partial charge on any atom is 0.163 e. The Bertz CT molecular complexity index is 845. The number of ketones is 2. The van der Waals surface area contributed by atoms with E-state index in [-0.39, 0.29) is 23.9 Å². The largest absolute Gasteiger partial charge is 0.507 e. The molecule has 0 aliphatic rings. The van der Waals surface area contributed by atoms with Crippen LogP contribution in [0.4, 0.5) is 0 Å². The summed E-state index contributed by atoms with van der Waals surface area (Å²) in [4.78, 5) is 24.7. The first-order chi connectivity index (χ1) is 14.5. The van der Waals surface area contributed by atoms with E-state index in [9.17, 15) is 14.7 Å². The number of ether oxygens (including phenoxy) is 1. The normalized spacial score (nSPS) is 10.8. The van der Waals surface area contributed by atoms with E-state index in [0.717, 1.165) is 23.5 Å². The van der Waals surface area contributed by atoms with Gasteiger partial charge in [0.1, 0.15) is 11.5 Å². The Labute approximate surface area is 182 Å². The van der Waals surface area contributed by atoms with Gasteiger partial charge in [-0.3, -0.25) is 9.59 Å². The van der Waals surface area contributed by atoms with Gasteiger partial charge in [-0.05, 0) is 50.5 Å². The molecule has 2 rings (SSSR count). The number of rotatable bonds is 13. The first-order valence-corrected chi connectivity index (χ1v) is 11.3. The minimum absolute atomic E-state index is 0.0299. The van der Waals surface area contributed by atoms with Crippen molar-refractivity contribution in [3.63, 3.8) is 0 Å². The number of hydrogen-bond donors (Lipinski definition) is 2. The van der Waals surface area contributed by atoms with E-state index in [1.807, 2.05) is 31.2 Å². The number of aromatic hydroxyl groups is 1. The van der Waals surface area contributed by atoms with E-state index in [1.54, 1.807) is 23.9 Å². The molecule has 0 saturated carbocycles. The average Bonchev–Trinajstić information content (AvgIpc) is 2.74. The van der Waals surface area contributed by atoms with E-state index in [4.69, 9.17) is 9.84 Å². The van der Waals surface area contributed by atoms with Gasteiger partial charge in [-0.25, -0.2) is 0 Å². The highest BCUT2D eigenvalue weighted by Gasteiger charge is 2.15. The molecule has 0 aliphatic carbocycles. The van der Waals surface area contributed by atoms with Gasteiger partial charge in [-0.15, -0.1) is 11.8 Å². The van der Waals surface area contributed by atoms with Gasteiger partial charge >= 0.3 is 0 Å². The Morgan fingerprint density at radius 3 is 2.43 bits per heavy atom. The molecule has 2 aromatic carbocycles. The van der Waals surface area contributed by atoms with E-state index >= 15 is 0 Å². The first-order valence-electron chi connectivity index (χ1n) is 10.3. The molecule has 0 aliphatic heterocycles. The zero-order valence-electron chi connectivity index (χ0n) is 17.6. The molecule has 30 heavy (non-hydrogen) atoms. The van der Waals surface area contributed by atoms with Crippen molar-refractivity contribution in [2.24, 2.45) is 0 Å². The van der Waals surface area contributed by atoms with Crippen LogP contribution < -0.4 is 4.74 Å². The topological polar surface area (TPSA) is 83.8 Å². The van der Waals surface area contributed by atoms with Crippen molar-refractivity contribution in [2.45, 2.75) is 50.8 Å². The number of aliphatic hydroxyl groups is 1. The third kappa shape index (κ3) is 6.89. The lowest BCUT2D eigenvalue weighted by Crippen LogP contribution is -2.04. The molecule has 0 spiro atoms. The minimum Gasteiger partial charge on any atom is -0.507 e. The maximum atomic E-state index is 11.9. The predicted octanol–water partition coefficient (Wildman–Crippen LogP) is 5.06. The fraction of sp³-hybridized carbons (Fsp3) is 0.417. The third-order valence-corrected chi connectivity index (χ3v) is 5.77. The summed E-state index contributed by atoms with van der Waals surface area (Å²) in [7, 11) is 0. The van der Waals surface area contributed by atoms with Crippen LogP contribution in [-0.2, 0) is 6.42 Å². The van der Waals surface area contributed by atoms with E-state index in [1.165, 1.54) is 6.92 Å². The predicted molar refractivity (Wildman–Crippen MR) is 120 cm³/mol. The molecule has 0 fully saturated rings. The van der Waals surface area contributed by atoms with Crippen LogP contribution in [0.3, 0.4) is 0 Å². The summed E-state index contributed by atoms with van der Waals surface area (Å²) in [5.41, 5.74) is 1.70. The van der Waals surface area contributed by atoms with Crippen molar-refractivity contribution < 1.29 is 24.5 Å². The number of carbonyl (C=O) groups is 2. The molecular formula is C24H30O5S. The summed E-state index contributed by atoms with van der Waals surface area (Å²) < 4.78 is 5.88. The fourth-order valence-corrected chi connectivity index (χ4v) is 3.91. The number of hydrogen-bond acceptors (Lipinski definition) is 6. The summed E-state index contributed by atoms with van der Waals surface area (Å²) in [6.45, 7) is 4.01. The number of benzene rings is 2. The number of Topliss-reactive ketones (excluding diaryl/α,β-unsaturated/α-hetero) is 2. The summed E-state index contributed by atoms with van der Waals surface area (Å²) in [6.07, 6.45) is 3.18. The van der Waals surface area contributed by atoms with Crippen LogP contribution >= 0.6 is 11.8 Å². The second-order valence-corrected chi connectivity index (χ2v) is 8.24. The second kappa shape index (κ2) is 12.4. The van der Waals surface area contributed by atoms with Crippen LogP contribution in [0.15, 0.2) is 41.3 Å². The molecule has 0 heterocycles. The maximum absolute atomic E-state index is 11.9. The zero-order valence-corrected chi connectivity index (χ0v) is 18.5. The monoisotopic (exact) mass is 430 g/mol. The number of phenolic OH excluding ortho intramolecular Hbond substituents is 1. The van der Waals surface area contributed by atoms with E-state index in [0.29, 0.717) is 48.3 Å². The van der Waals surface area contributed by atoms with Crippen molar-refractivity contribution in [2.75, 3.05) is 19.0 Å². The van der Waals surface area contributed by atoms with Gasteiger partial charge in [0, 0.05) is 34.8 Å². The van der Waals surface area contributed by atoms with Crippen LogP contribution in [0.2, 0.25) is 0 Å². The van der Waals surface area contributed by atoms with Gasteiger partial charge in [0.2, 0.25) is 0 Å². The molecule has 0 saturated heterocycles. The molecule has 0 unspecified atom stereocenters. The molecule has 2 N–H and O–H groups in total. The van der Waals surface area contributed by atoms with E-state index < -0.39 is 0 Å². The first kappa shape index (κ1) is 24.0. The molecule has 0 atom stereocenters. The number of aliphatic hydroxyl groups excluding tert-OH is 1. The molecule has 162 valence electrons. The van der Waals surface area contributed by atoms with Crippen molar-refractivity contribution in [3.05, 3.63) is 53.1 Å². The Balaban J connectivity index is 1.83. The Kier molecular flexibility index (Phi) is 9.91. The SMILES string of the molecule is CCCc1c(OCCCSc2ccc(C(=O)CCCO)cc2)ccc(C(C)=O)c1O. The Morgan fingerprint density at radius 2 is 1.80 bits per heavy atom. The number of carbonyl (C=O) groups excluding carboxylic acids is 2. The average molecular weight is 431 g/mol. The number of thioether (sulfide) groups is 1. The lowest BCUT2D eigenvalue weighted by atomic mass is 10.0. The van der Waals surface area contributed by atoms with Crippen LogP contribution in [0.5, 0.6) is 11.5 Å². The van der Waals surface area contributed by atoms with Crippen LogP contribution in [0.1, 0.15) is 65.8 Å². The van der Waals surface area contributed by atoms with Crippen LogP contribution in [0, 0.1) is 0 Å². The summed E-state index contributed by atoms with van der Waals surface area (Å²) >= 11 is 1.69. The highest BCUT2D eigenvalue weighted by molar-refractivity contribution is 7.99. The molecule has 5 nitrogen and oxygen atoms in total. The van der Waals surface area contributed by atoms with Gasteiger partial charge in [0.05, 0.1) is 12.2 Å². The van der Waals surface area contributed by atoms with Gasteiger partial charge in [0.15, 0.2) is 11.6 Å². The third-order valence-electron chi connectivity index (χ3n) is 4.67. The van der Waals surface area contributed by atoms with Crippen LogP contribution in [-0.4, -0.2) is 40.7 Å². The quantitative estimate of drug-likeness (QED) is 0.262. The molecule has 0 aromatic heterocycles. The lowest BCUT2D eigenvalue weighted by Gasteiger charge is -2.14. The van der Waals surface area contributed by atoms with Gasteiger partial charge in [-0.2, -0.15) is 0 Å². The minimum atomic E-state index is -0.158. The molecule has 0 radical (unpaired) electrons. The van der Waals surface area contributed by atoms with Crippen molar-refractivity contribution >= 4 is 23.3 Å². The molecule has 0 bridgehead atoms.